The summed E-state index contributed by atoms with van der Waals surface area (Å²) in [7, 11) is 0. The van der Waals surface area contributed by atoms with Gasteiger partial charge in [-0.05, 0) is 44.4 Å². The summed E-state index contributed by atoms with van der Waals surface area (Å²) >= 11 is 0. The molecule has 0 aliphatic heterocycles. The highest BCUT2D eigenvalue weighted by molar-refractivity contribution is 5.85. The molecule has 0 aliphatic rings. The molecular weight excluding hydrogens is 276 g/mol. The van der Waals surface area contributed by atoms with Gasteiger partial charge in [0, 0.05) is 13.0 Å². The minimum absolute atomic E-state index is 0. The van der Waals surface area contributed by atoms with Crippen molar-refractivity contribution in [1.29, 1.82) is 0 Å². The third kappa shape index (κ3) is 8.02. The predicted octanol–water partition coefficient (Wildman–Crippen LogP) is 2.43. The van der Waals surface area contributed by atoms with Gasteiger partial charge in [-0.3, -0.25) is 4.79 Å². The fourth-order valence-electron chi connectivity index (χ4n) is 1.72. The number of benzene rings is 1. The van der Waals surface area contributed by atoms with Gasteiger partial charge in [-0.25, -0.2) is 0 Å². The SMILES string of the molecule is Cc1ccccc1OCCCC(=O)NCCCCN.Cl. The first-order valence-electron chi connectivity index (χ1n) is 6.89. The van der Waals surface area contributed by atoms with Crippen molar-refractivity contribution in [3.05, 3.63) is 29.8 Å². The first-order valence-corrected chi connectivity index (χ1v) is 6.89. The number of carbonyl (C=O) groups excluding carboxylic acids is 1. The third-order valence-electron chi connectivity index (χ3n) is 2.85. The van der Waals surface area contributed by atoms with Crippen molar-refractivity contribution in [2.75, 3.05) is 19.7 Å². The topological polar surface area (TPSA) is 64.3 Å². The summed E-state index contributed by atoms with van der Waals surface area (Å²) in [6.45, 7) is 3.98. The number of nitrogens with one attached hydrogen (secondary N) is 1. The number of nitrogens with two attached hydrogens (primary N) is 1. The van der Waals surface area contributed by atoms with E-state index < -0.39 is 0 Å². The van der Waals surface area contributed by atoms with Crippen LogP contribution < -0.4 is 15.8 Å². The zero-order chi connectivity index (χ0) is 13.9. The van der Waals surface area contributed by atoms with Gasteiger partial charge in [0.05, 0.1) is 6.61 Å². The molecule has 5 heteroatoms. The molecule has 4 nitrogen and oxygen atoms in total. The summed E-state index contributed by atoms with van der Waals surface area (Å²) in [5.74, 6) is 0.983. The van der Waals surface area contributed by atoms with Crippen molar-refractivity contribution < 1.29 is 9.53 Å². The van der Waals surface area contributed by atoms with Gasteiger partial charge in [-0.1, -0.05) is 18.2 Å². The Bertz CT molecular complexity index is 386. The van der Waals surface area contributed by atoms with E-state index in [2.05, 4.69) is 5.32 Å². The highest BCUT2D eigenvalue weighted by Crippen LogP contribution is 2.16. The van der Waals surface area contributed by atoms with Crippen LogP contribution in [0.25, 0.3) is 0 Å². The average molecular weight is 301 g/mol. The normalized spacial score (nSPS) is 9.70. The van der Waals surface area contributed by atoms with Gasteiger partial charge in [0.1, 0.15) is 5.75 Å². The second-order valence-corrected chi connectivity index (χ2v) is 4.56. The molecule has 0 heterocycles. The summed E-state index contributed by atoms with van der Waals surface area (Å²) in [6.07, 6.45) is 3.14. The smallest absolute Gasteiger partial charge is 0.220 e. The van der Waals surface area contributed by atoms with Gasteiger partial charge < -0.3 is 15.8 Å². The molecule has 0 radical (unpaired) electrons. The van der Waals surface area contributed by atoms with E-state index in [0.717, 1.165) is 30.6 Å². The van der Waals surface area contributed by atoms with Gasteiger partial charge in [-0.2, -0.15) is 0 Å². The van der Waals surface area contributed by atoms with Gasteiger partial charge in [0.25, 0.3) is 0 Å². The fourth-order valence-corrected chi connectivity index (χ4v) is 1.72. The molecule has 0 aliphatic carbocycles. The van der Waals surface area contributed by atoms with E-state index in [4.69, 9.17) is 10.5 Å². The van der Waals surface area contributed by atoms with Crippen molar-refractivity contribution in [3.8, 4) is 5.75 Å². The lowest BCUT2D eigenvalue weighted by molar-refractivity contribution is -0.121. The lowest BCUT2D eigenvalue weighted by Gasteiger charge is -2.08. The van der Waals surface area contributed by atoms with E-state index in [1.165, 1.54) is 0 Å². The highest BCUT2D eigenvalue weighted by Gasteiger charge is 2.01. The Hall–Kier alpha value is -1.26. The van der Waals surface area contributed by atoms with Crippen LogP contribution >= 0.6 is 12.4 Å². The molecule has 20 heavy (non-hydrogen) atoms. The van der Waals surface area contributed by atoms with Crippen LogP contribution in [-0.2, 0) is 4.79 Å². The molecule has 0 bridgehead atoms. The Morgan fingerprint density at radius 1 is 1.25 bits per heavy atom. The van der Waals surface area contributed by atoms with Crippen LogP contribution in [0.1, 0.15) is 31.2 Å². The summed E-state index contributed by atoms with van der Waals surface area (Å²) in [4.78, 5) is 11.5. The molecule has 1 rings (SSSR count). The molecule has 3 N–H and O–H groups in total. The van der Waals surface area contributed by atoms with Crippen LogP contribution in [0, 0.1) is 6.92 Å². The van der Waals surface area contributed by atoms with Gasteiger partial charge in [0.2, 0.25) is 5.91 Å². The second-order valence-electron chi connectivity index (χ2n) is 4.56. The number of rotatable bonds is 9. The van der Waals surface area contributed by atoms with Crippen molar-refractivity contribution in [1.82, 2.24) is 5.32 Å². The lowest BCUT2D eigenvalue weighted by atomic mass is 10.2. The second kappa shape index (κ2) is 11.6. The largest absolute Gasteiger partial charge is 0.493 e. The van der Waals surface area contributed by atoms with Gasteiger partial charge >= 0.3 is 0 Å². The molecular formula is C15H25ClN2O2. The number of carbonyl (C=O) groups is 1. The minimum atomic E-state index is 0. The van der Waals surface area contributed by atoms with Crippen LogP contribution in [0.2, 0.25) is 0 Å². The Labute approximate surface area is 127 Å². The summed E-state index contributed by atoms with van der Waals surface area (Å²) < 4.78 is 5.63. The molecule has 0 fully saturated rings. The Balaban J connectivity index is 0.00000361. The maximum absolute atomic E-state index is 11.5. The number of hydrogen-bond acceptors (Lipinski definition) is 3. The monoisotopic (exact) mass is 300 g/mol. The van der Waals surface area contributed by atoms with E-state index >= 15 is 0 Å². The van der Waals surface area contributed by atoms with E-state index in [9.17, 15) is 4.79 Å². The Morgan fingerprint density at radius 3 is 2.70 bits per heavy atom. The summed E-state index contributed by atoms with van der Waals surface area (Å²) in [6, 6.07) is 7.89. The number of hydrogen-bond donors (Lipinski definition) is 2. The first kappa shape index (κ1) is 18.7. The van der Waals surface area contributed by atoms with Crippen molar-refractivity contribution in [2.24, 2.45) is 5.73 Å². The van der Waals surface area contributed by atoms with E-state index in [1.807, 2.05) is 31.2 Å². The maximum atomic E-state index is 11.5. The lowest BCUT2D eigenvalue weighted by Crippen LogP contribution is -2.25. The highest BCUT2D eigenvalue weighted by atomic mass is 35.5. The summed E-state index contributed by atoms with van der Waals surface area (Å²) in [5.41, 5.74) is 6.50. The number of amides is 1. The number of halogens is 1. The van der Waals surface area contributed by atoms with Gasteiger partial charge in [-0.15, -0.1) is 12.4 Å². The molecule has 0 saturated carbocycles. The van der Waals surface area contributed by atoms with Crippen molar-refractivity contribution in [2.45, 2.75) is 32.6 Å². The van der Waals surface area contributed by atoms with E-state index in [1.54, 1.807) is 0 Å². The Morgan fingerprint density at radius 2 is 2.00 bits per heavy atom. The fraction of sp³-hybridized carbons (Fsp3) is 0.533. The number of para-hydroxylation sites is 1. The zero-order valence-electron chi connectivity index (χ0n) is 12.1. The molecule has 0 spiro atoms. The van der Waals surface area contributed by atoms with Crippen LogP contribution in [0.15, 0.2) is 24.3 Å². The molecule has 0 unspecified atom stereocenters. The molecule has 0 saturated heterocycles. The van der Waals surface area contributed by atoms with Crippen molar-refractivity contribution in [3.63, 3.8) is 0 Å². The molecule has 0 atom stereocenters. The third-order valence-corrected chi connectivity index (χ3v) is 2.85. The van der Waals surface area contributed by atoms with Crippen LogP contribution in [0.4, 0.5) is 0 Å². The maximum Gasteiger partial charge on any atom is 0.220 e. The number of aryl methyl sites for hydroxylation is 1. The van der Waals surface area contributed by atoms with Crippen LogP contribution in [0.5, 0.6) is 5.75 Å². The minimum Gasteiger partial charge on any atom is -0.493 e. The van der Waals surface area contributed by atoms with E-state index in [-0.39, 0.29) is 18.3 Å². The van der Waals surface area contributed by atoms with E-state index in [0.29, 0.717) is 26.1 Å². The standard InChI is InChI=1S/C15H24N2O2.ClH/c1-13-7-2-3-8-14(13)19-12-6-9-15(18)17-11-5-4-10-16;/h2-3,7-8H,4-6,9-12,16H2,1H3,(H,17,18);1H. The molecule has 1 aromatic carbocycles. The van der Waals surface area contributed by atoms with Crippen LogP contribution in [-0.4, -0.2) is 25.6 Å². The van der Waals surface area contributed by atoms with Crippen LogP contribution in [0.3, 0.4) is 0 Å². The first-order chi connectivity index (χ1) is 9.24. The number of unbranched alkanes of at least 4 members (excludes halogenated alkanes) is 1. The molecule has 0 aromatic heterocycles. The van der Waals surface area contributed by atoms with Gasteiger partial charge in [0.15, 0.2) is 0 Å². The molecule has 1 amide bonds. The Kier molecular flexibility index (Phi) is 10.8. The van der Waals surface area contributed by atoms with Crippen molar-refractivity contribution >= 4 is 18.3 Å². The summed E-state index contributed by atoms with van der Waals surface area (Å²) in [5, 5.41) is 2.88. The quantitative estimate of drug-likeness (QED) is 0.689. The average Bonchev–Trinajstić information content (AvgIpc) is 2.41. The number of ether oxygens (including phenoxy) is 1. The molecule has 114 valence electrons. The zero-order valence-corrected chi connectivity index (χ0v) is 12.9. The predicted molar refractivity (Wildman–Crippen MR) is 84.5 cm³/mol. The molecule has 1 aromatic rings.